The lowest BCUT2D eigenvalue weighted by atomic mass is 9.83. The molecule has 1 saturated carbocycles. The number of carbonyl (C=O) groups excluding carboxylic acids is 1. The van der Waals surface area contributed by atoms with E-state index in [4.69, 9.17) is 6.42 Å². The monoisotopic (exact) mass is 267 g/mol. The summed E-state index contributed by atoms with van der Waals surface area (Å²) in [5.41, 5.74) is 2.74. The van der Waals surface area contributed by atoms with Crippen molar-refractivity contribution in [2.24, 2.45) is 11.8 Å². The normalized spacial score (nSPS) is 20.9. The Morgan fingerprint density at radius 3 is 2.70 bits per heavy atom. The predicted molar refractivity (Wildman–Crippen MR) is 80.1 cm³/mol. The van der Waals surface area contributed by atoms with Crippen molar-refractivity contribution in [3.63, 3.8) is 0 Å². The van der Waals surface area contributed by atoms with Gasteiger partial charge in [0.25, 0.3) is 0 Å². The molecule has 0 heterocycles. The molecular weight excluding hydrogens is 246 g/mol. The van der Waals surface area contributed by atoms with Gasteiger partial charge in [-0.05, 0) is 49.1 Å². The number of aryl methyl sites for hydroxylation is 1. The van der Waals surface area contributed by atoms with E-state index in [0.717, 1.165) is 25.8 Å². The summed E-state index contributed by atoms with van der Waals surface area (Å²) in [5, 5.41) is 0. The zero-order valence-corrected chi connectivity index (χ0v) is 11.8. The highest BCUT2D eigenvalue weighted by molar-refractivity contribution is 5.80. The molecule has 2 aliphatic rings. The van der Waals surface area contributed by atoms with Gasteiger partial charge >= 0.3 is 0 Å². The minimum Gasteiger partial charge on any atom is -0.331 e. The molecule has 0 spiro atoms. The molecule has 20 heavy (non-hydrogen) atoms. The first kappa shape index (κ1) is 13.2. The number of carbonyl (C=O) groups is 1. The molecule has 0 N–H and O–H groups in total. The Kier molecular flexibility index (Phi) is 3.78. The first-order chi connectivity index (χ1) is 9.78. The van der Waals surface area contributed by atoms with Crippen LogP contribution in [0.1, 0.15) is 30.4 Å². The Hall–Kier alpha value is -1.75. The van der Waals surface area contributed by atoms with E-state index in [9.17, 15) is 4.79 Å². The van der Waals surface area contributed by atoms with Crippen LogP contribution in [0.2, 0.25) is 0 Å². The van der Waals surface area contributed by atoms with Gasteiger partial charge in [-0.3, -0.25) is 4.79 Å². The molecule has 2 nitrogen and oxygen atoms in total. The summed E-state index contributed by atoms with van der Waals surface area (Å²) in [6, 6.07) is 8.48. The first-order valence-electron chi connectivity index (χ1n) is 7.57. The largest absolute Gasteiger partial charge is 0.331 e. The minimum absolute atomic E-state index is 0.122. The fraction of sp³-hybridized carbons (Fsp3) is 0.500. The third-order valence-corrected chi connectivity index (χ3v) is 4.47. The van der Waals surface area contributed by atoms with Gasteiger partial charge in [0.2, 0.25) is 5.91 Å². The predicted octanol–water partition coefficient (Wildman–Crippen LogP) is 2.66. The van der Waals surface area contributed by atoms with E-state index in [1.165, 1.54) is 24.0 Å². The van der Waals surface area contributed by atoms with Crippen molar-refractivity contribution < 1.29 is 4.79 Å². The molecule has 3 rings (SSSR count). The van der Waals surface area contributed by atoms with Crippen LogP contribution in [-0.4, -0.2) is 23.9 Å². The molecule has 2 aliphatic carbocycles. The van der Waals surface area contributed by atoms with E-state index in [2.05, 4.69) is 30.2 Å². The summed E-state index contributed by atoms with van der Waals surface area (Å²) < 4.78 is 0. The molecule has 1 aromatic rings. The van der Waals surface area contributed by atoms with Crippen LogP contribution in [0.4, 0.5) is 0 Å². The molecule has 2 heteroatoms. The number of benzene rings is 1. The number of rotatable bonds is 4. The van der Waals surface area contributed by atoms with Crippen molar-refractivity contribution >= 4 is 5.91 Å². The highest BCUT2D eigenvalue weighted by Crippen LogP contribution is 2.31. The van der Waals surface area contributed by atoms with Gasteiger partial charge in [-0.15, -0.1) is 6.42 Å². The lowest BCUT2D eigenvalue weighted by Crippen LogP contribution is -2.39. The van der Waals surface area contributed by atoms with Gasteiger partial charge in [-0.2, -0.15) is 0 Å². The van der Waals surface area contributed by atoms with Crippen LogP contribution in [-0.2, 0) is 17.6 Å². The zero-order chi connectivity index (χ0) is 13.9. The van der Waals surface area contributed by atoms with Crippen molar-refractivity contribution in [2.45, 2.75) is 32.1 Å². The number of hydrogen-bond donors (Lipinski definition) is 0. The molecule has 1 amide bonds. The van der Waals surface area contributed by atoms with Gasteiger partial charge in [-0.25, -0.2) is 0 Å². The Balaban J connectivity index is 1.69. The average molecular weight is 267 g/mol. The maximum Gasteiger partial charge on any atom is 0.226 e. The minimum atomic E-state index is 0.122. The molecule has 0 aromatic heterocycles. The van der Waals surface area contributed by atoms with Gasteiger partial charge in [0.05, 0.1) is 6.54 Å². The van der Waals surface area contributed by atoms with Gasteiger partial charge in [0, 0.05) is 12.5 Å². The van der Waals surface area contributed by atoms with Crippen LogP contribution in [0.15, 0.2) is 24.3 Å². The van der Waals surface area contributed by atoms with Crippen molar-refractivity contribution in [3.05, 3.63) is 35.4 Å². The molecule has 1 unspecified atom stereocenters. The Morgan fingerprint density at radius 2 is 2.00 bits per heavy atom. The van der Waals surface area contributed by atoms with E-state index in [1.807, 2.05) is 4.90 Å². The van der Waals surface area contributed by atoms with Crippen LogP contribution >= 0.6 is 0 Å². The molecule has 1 aromatic carbocycles. The summed E-state index contributed by atoms with van der Waals surface area (Å²) in [4.78, 5) is 14.6. The Labute approximate surface area is 121 Å². The molecule has 1 atom stereocenters. The average Bonchev–Trinajstić information content (AvgIpc) is 3.29. The Bertz CT molecular complexity index is 539. The summed E-state index contributed by atoms with van der Waals surface area (Å²) >= 11 is 0. The molecule has 104 valence electrons. The summed E-state index contributed by atoms with van der Waals surface area (Å²) in [6.45, 7) is 1.33. The van der Waals surface area contributed by atoms with Crippen LogP contribution in [0.5, 0.6) is 0 Å². The summed E-state index contributed by atoms with van der Waals surface area (Å²) in [7, 11) is 0. The fourth-order valence-electron chi connectivity index (χ4n) is 3.12. The Morgan fingerprint density at radius 1 is 1.25 bits per heavy atom. The second-order valence-electron chi connectivity index (χ2n) is 6.07. The van der Waals surface area contributed by atoms with E-state index < -0.39 is 0 Å². The summed E-state index contributed by atoms with van der Waals surface area (Å²) in [6.07, 6.45) is 10.8. The van der Waals surface area contributed by atoms with Crippen LogP contribution in [0, 0.1) is 24.2 Å². The van der Waals surface area contributed by atoms with E-state index in [1.54, 1.807) is 0 Å². The van der Waals surface area contributed by atoms with E-state index in [0.29, 0.717) is 12.5 Å². The van der Waals surface area contributed by atoms with Crippen LogP contribution in [0.3, 0.4) is 0 Å². The molecule has 1 fully saturated rings. The van der Waals surface area contributed by atoms with Crippen molar-refractivity contribution in [2.75, 3.05) is 13.1 Å². The zero-order valence-electron chi connectivity index (χ0n) is 11.8. The highest BCUT2D eigenvalue weighted by atomic mass is 16.2. The molecular formula is C18H21NO. The van der Waals surface area contributed by atoms with Gasteiger partial charge in [0.15, 0.2) is 0 Å². The van der Waals surface area contributed by atoms with Gasteiger partial charge in [0.1, 0.15) is 0 Å². The quantitative estimate of drug-likeness (QED) is 0.768. The standard InChI is InChI=1S/C18H21NO/c1-2-11-19(13-14-7-8-14)18(20)17-10-9-15-5-3-4-6-16(15)12-17/h1,3-6,14,17H,7-13H2. The highest BCUT2D eigenvalue weighted by Gasteiger charge is 2.31. The smallest absolute Gasteiger partial charge is 0.226 e. The lowest BCUT2D eigenvalue weighted by Gasteiger charge is -2.29. The SMILES string of the molecule is C#CCN(CC1CC1)C(=O)C1CCc2ccccc2C1. The number of nitrogens with zero attached hydrogens (tertiary/aromatic N) is 1. The third kappa shape index (κ3) is 2.88. The molecule has 0 bridgehead atoms. The van der Waals surface area contributed by atoms with Crippen molar-refractivity contribution in [1.29, 1.82) is 0 Å². The first-order valence-corrected chi connectivity index (χ1v) is 7.57. The number of terminal acetylenes is 1. The number of fused-ring (bicyclic) bond motifs is 1. The van der Waals surface area contributed by atoms with Crippen LogP contribution < -0.4 is 0 Å². The van der Waals surface area contributed by atoms with Gasteiger partial charge in [-0.1, -0.05) is 30.2 Å². The second kappa shape index (κ2) is 5.71. The molecule has 0 saturated heterocycles. The van der Waals surface area contributed by atoms with Gasteiger partial charge < -0.3 is 4.90 Å². The van der Waals surface area contributed by atoms with E-state index >= 15 is 0 Å². The molecule has 0 radical (unpaired) electrons. The maximum atomic E-state index is 12.7. The van der Waals surface area contributed by atoms with E-state index in [-0.39, 0.29) is 11.8 Å². The van der Waals surface area contributed by atoms with Crippen LogP contribution in [0.25, 0.3) is 0 Å². The lowest BCUT2D eigenvalue weighted by molar-refractivity contribution is -0.135. The number of amides is 1. The maximum absolute atomic E-state index is 12.7. The fourth-order valence-corrected chi connectivity index (χ4v) is 3.12. The number of hydrogen-bond acceptors (Lipinski definition) is 1. The second-order valence-corrected chi connectivity index (χ2v) is 6.07. The van der Waals surface area contributed by atoms with Crippen molar-refractivity contribution in [3.8, 4) is 12.3 Å². The molecule has 0 aliphatic heterocycles. The topological polar surface area (TPSA) is 20.3 Å². The third-order valence-electron chi connectivity index (χ3n) is 4.47. The van der Waals surface area contributed by atoms with Crippen molar-refractivity contribution in [1.82, 2.24) is 4.90 Å². The summed E-state index contributed by atoms with van der Waals surface area (Å²) in [5.74, 6) is 3.73.